The molecule has 0 aliphatic carbocycles. The number of thioether (sulfide) groups is 1. The predicted octanol–water partition coefficient (Wildman–Crippen LogP) is 3.99. The van der Waals surface area contributed by atoms with Gasteiger partial charge in [-0.1, -0.05) is 12.1 Å². The fraction of sp³-hybridized carbons (Fsp3) is 0.143. The van der Waals surface area contributed by atoms with Crippen LogP contribution in [0.3, 0.4) is 0 Å². The second kappa shape index (κ2) is 5.75. The number of nitrogens with zero attached hydrogens (tertiary/aromatic N) is 1. The van der Waals surface area contributed by atoms with E-state index >= 15 is 0 Å². The van der Waals surface area contributed by atoms with Crippen molar-refractivity contribution in [2.24, 2.45) is 0 Å². The molecule has 0 radical (unpaired) electrons. The molecule has 0 heterocycles. The lowest BCUT2D eigenvalue weighted by Gasteiger charge is -2.09. The molecule has 2 rings (SSSR count). The summed E-state index contributed by atoms with van der Waals surface area (Å²) in [6, 6.07) is 12.6. The Hall–Kier alpha value is -2.01. The van der Waals surface area contributed by atoms with Crippen LogP contribution < -0.4 is 4.74 Å². The van der Waals surface area contributed by atoms with Crippen LogP contribution in [0.25, 0.3) is 11.1 Å². The van der Waals surface area contributed by atoms with Crippen LogP contribution in [0.15, 0.2) is 47.4 Å². The molecule has 98 valence electrons. The number of hydrogen-bond donors (Lipinski definition) is 0. The molecule has 0 saturated carbocycles. The van der Waals surface area contributed by atoms with Gasteiger partial charge < -0.3 is 4.74 Å². The molecule has 0 fully saturated rings. The summed E-state index contributed by atoms with van der Waals surface area (Å²) in [5, 5.41) is 10.7. The molecule has 0 N–H and O–H groups in total. The van der Waals surface area contributed by atoms with Gasteiger partial charge in [0, 0.05) is 16.5 Å². The van der Waals surface area contributed by atoms with Crippen LogP contribution in [0.4, 0.5) is 5.69 Å². The maximum absolute atomic E-state index is 10.7. The Morgan fingerprint density at radius 1 is 1.16 bits per heavy atom. The van der Waals surface area contributed by atoms with E-state index in [9.17, 15) is 10.1 Å². The molecule has 5 heteroatoms. The number of nitro groups is 1. The molecule has 0 aliphatic rings. The van der Waals surface area contributed by atoms with E-state index in [1.54, 1.807) is 17.8 Å². The third-order valence-corrected chi connectivity index (χ3v) is 3.54. The molecule has 2 aromatic carbocycles. The molecule has 0 amide bonds. The van der Waals surface area contributed by atoms with E-state index in [1.807, 2.05) is 30.5 Å². The molecule has 0 unspecified atom stereocenters. The highest BCUT2D eigenvalue weighted by Gasteiger charge is 2.12. The third kappa shape index (κ3) is 2.88. The quantitative estimate of drug-likeness (QED) is 0.481. The topological polar surface area (TPSA) is 52.4 Å². The molecule has 2 aromatic rings. The lowest BCUT2D eigenvalue weighted by Crippen LogP contribution is -1.92. The number of ether oxygens (including phenoxy) is 1. The third-order valence-electron chi connectivity index (χ3n) is 2.80. The number of hydrogen-bond acceptors (Lipinski definition) is 4. The molecule has 4 nitrogen and oxygen atoms in total. The number of rotatable bonds is 4. The summed E-state index contributed by atoms with van der Waals surface area (Å²) in [7, 11) is 1.51. The average Bonchev–Trinajstić information content (AvgIpc) is 2.46. The van der Waals surface area contributed by atoms with Crippen molar-refractivity contribution in [2.45, 2.75) is 4.90 Å². The molecule has 19 heavy (non-hydrogen) atoms. The summed E-state index contributed by atoms with van der Waals surface area (Å²) < 4.78 is 5.24. The monoisotopic (exact) mass is 275 g/mol. The highest BCUT2D eigenvalue weighted by Crippen LogP contribution is 2.33. The van der Waals surface area contributed by atoms with Crippen molar-refractivity contribution in [3.63, 3.8) is 0 Å². The molecule has 0 aliphatic heterocycles. The Bertz CT molecular complexity index is 596. The van der Waals surface area contributed by atoms with Gasteiger partial charge in [-0.25, -0.2) is 0 Å². The van der Waals surface area contributed by atoms with Gasteiger partial charge in [0.1, 0.15) is 5.75 Å². The van der Waals surface area contributed by atoms with Gasteiger partial charge in [0.05, 0.1) is 18.1 Å². The minimum absolute atomic E-state index is 0.0290. The van der Waals surface area contributed by atoms with Gasteiger partial charge in [0.15, 0.2) is 0 Å². The first-order valence-electron chi connectivity index (χ1n) is 5.62. The maximum Gasteiger partial charge on any atom is 0.273 e. The van der Waals surface area contributed by atoms with Gasteiger partial charge in [0.2, 0.25) is 0 Å². The van der Waals surface area contributed by atoms with Crippen LogP contribution in [-0.4, -0.2) is 18.3 Å². The summed E-state index contributed by atoms with van der Waals surface area (Å²) in [4.78, 5) is 11.5. The summed E-state index contributed by atoms with van der Waals surface area (Å²) in [6.45, 7) is 0. The second-order valence-corrected chi connectivity index (χ2v) is 4.75. The van der Waals surface area contributed by atoms with Crippen LogP contribution >= 0.6 is 11.8 Å². The highest BCUT2D eigenvalue weighted by molar-refractivity contribution is 7.98. The number of non-ortho nitro benzene ring substituents is 1. The van der Waals surface area contributed by atoms with E-state index in [0.29, 0.717) is 5.75 Å². The molecular weight excluding hydrogens is 262 g/mol. The first-order valence-corrected chi connectivity index (χ1v) is 6.85. The van der Waals surface area contributed by atoms with Crippen molar-refractivity contribution < 1.29 is 9.66 Å². The minimum Gasteiger partial charge on any atom is -0.496 e. The van der Waals surface area contributed by atoms with Crippen molar-refractivity contribution in [1.29, 1.82) is 0 Å². The first kappa shape index (κ1) is 13.4. The standard InChI is InChI=1S/C14H13NO3S/c1-18-14-9-11(15(16)17)5-8-13(14)10-3-6-12(19-2)7-4-10/h3-9H,1-2H3. The van der Waals surface area contributed by atoms with Crippen molar-refractivity contribution >= 4 is 17.4 Å². The van der Waals surface area contributed by atoms with Crippen molar-refractivity contribution in [2.75, 3.05) is 13.4 Å². The molecule has 0 aromatic heterocycles. The fourth-order valence-electron chi connectivity index (χ4n) is 1.80. The molecule has 0 saturated heterocycles. The Kier molecular flexibility index (Phi) is 4.06. The summed E-state index contributed by atoms with van der Waals surface area (Å²) in [6.07, 6.45) is 2.02. The van der Waals surface area contributed by atoms with Crippen LogP contribution in [-0.2, 0) is 0 Å². The lowest BCUT2D eigenvalue weighted by atomic mass is 10.0. The van der Waals surface area contributed by atoms with Gasteiger partial charge >= 0.3 is 0 Å². The Labute approximate surface area is 115 Å². The second-order valence-electron chi connectivity index (χ2n) is 3.87. The van der Waals surface area contributed by atoms with Crippen LogP contribution in [0.2, 0.25) is 0 Å². The summed E-state index contributed by atoms with van der Waals surface area (Å²) in [5.74, 6) is 0.506. The smallest absolute Gasteiger partial charge is 0.273 e. The number of nitro benzene ring substituents is 1. The summed E-state index contributed by atoms with van der Waals surface area (Å²) in [5.41, 5.74) is 1.85. The van der Waals surface area contributed by atoms with Gasteiger partial charge in [-0.05, 0) is 30.0 Å². The Balaban J connectivity index is 2.45. The van der Waals surface area contributed by atoms with E-state index in [-0.39, 0.29) is 5.69 Å². The number of methoxy groups -OCH3 is 1. The molecular formula is C14H13NO3S. The zero-order valence-corrected chi connectivity index (χ0v) is 11.4. The fourth-order valence-corrected chi connectivity index (χ4v) is 2.21. The van der Waals surface area contributed by atoms with Crippen LogP contribution in [0.1, 0.15) is 0 Å². The average molecular weight is 275 g/mol. The van der Waals surface area contributed by atoms with E-state index in [0.717, 1.165) is 11.1 Å². The van der Waals surface area contributed by atoms with Gasteiger partial charge in [-0.15, -0.1) is 11.8 Å². The van der Waals surface area contributed by atoms with Crippen molar-refractivity contribution in [3.05, 3.63) is 52.6 Å². The van der Waals surface area contributed by atoms with E-state index < -0.39 is 4.92 Å². The largest absolute Gasteiger partial charge is 0.496 e. The lowest BCUT2D eigenvalue weighted by molar-refractivity contribution is -0.384. The van der Waals surface area contributed by atoms with E-state index in [2.05, 4.69) is 0 Å². The van der Waals surface area contributed by atoms with Crippen LogP contribution in [0, 0.1) is 10.1 Å². The zero-order chi connectivity index (χ0) is 13.8. The van der Waals surface area contributed by atoms with Gasteiger partial charge in [0.25, 0.3) is 5.69 Å². The molecule has 0 spiro atoms. The van der Waals surface area contributed by atoms with Gasteiger partial charge in [-0.2, -0.15) is 0 Å². The van der Waals surface area contributed by atoms with Crippen LogP contribution in [0.5, 0.6) is 5.75 Å². The maximum atomic E-state index is 10.7. The molecule has 0 bridgehead atoms. The van der Waals surface area contributed by atoms with E-state index in [4.69, 9.17) is 4.74 Å². The van der Waals surface area contributed by atoms with Gasteiger partial charge in [-0.3, -0.25) is 10.1 Å². The van der Waals surface area contributed by atoms with Crippen molar-refractivity contribution in [1.82, 2.24) is 0 Å². The Morgan fingerprint density at radius 3 is 2.37 bits per heavy atom. The first-order chi connectivity index (χ1) is 9.15. The Morgan fingerprint density at radius 2 is 1.84 bits per heavy atom. The SMILES string of the molecule is COc1cc([N+](=O)[O-])ccc1-c1ccc(SC)cc1. The zero-order valence-electron chi connectivity index (χ0n) is 10.6. The summed E-state index contributed by atoms with van der Waals surface area (Å²) >= 11 is 1.67. The van der Waals surface area contributed by atoms with E-state index in [1.165, 1.54) is 24.1 Å². The van der Waals surface area contributed by atoms with Crippen molar-refractivity contribution in [3.8, 4) is 16.9 Å². The molecule has 0 atom stereocenters. The normalized spacial score (nSPS) is 10.2. The number of benzene rings is 2. The predicted molar refractivity (Wildman–Crippen MR) is 76.9 cm³/mol. The highest BCUT2D eigenvalue weighted by atomic mass is 32.2. The minimum atomic E-state index is -0.427.